The summed E-state index contributed by atoms with van der Waals surface area (Å²) in [6.07, 6.45) is 3.84. The number of fused-ring (bicyclic) bond motifs is 3. The molecule has 30 heavy (non-hydrogen) atoms. The van der Waals surface area contributed by atoms with Crippen LogP contribution in [0.3, 0.4) is 0 Å². The summed E-state index contributed by atoms with van der Waals surface area (Å²) in [5.41, 5.74) is 4.29. The quantitative estimate of drug-likeness (QED) is 0.156. The van der Waals surface area contributed by atoms with Crippen LogP contribution in [-0.4, -0.2) is 13.4 Å². The van der Waals surface area contributed by atoms with Crippen LogP contribution in [0.4, 0.5) is 0 Å². The topological polar surface area (TPSA) is 16.8 Å². The van der Waals surface area contributed by atoms with Gasteiger partial charge in [-0.3, -0.25) is 4.57 Å². The maximum Gasteiger partial charge on any atom is 0.264 e. The summed E-state index contributed by atoms with van der Waals surface area (Å²) in [6, 6.07) is 30.5. The average Bonchev–Trinajstić information content (AvgIpc) is 2.74. The first-order valence-corrected chi connectivity index (χ1v) is 9.39. The van der Waals surface area contributed by atoms with Gasteiger partial charge in [-0.1, -0.05) is 65.1 Å². The number of hydrogen-bond acceptors (Lipinski definition) is 1. The van der Waals surface area contributed by atoms with Crippen LogP contribution in [0.5, 0.6) is 0 Å². The summed E-state index contributed by atoms with van der Waals surface area (Å²) >= 11 is 0. The standard InChI is InChI=1S/C26H19N2.B.Y/c1-18-12-13-20(16-24(18)26-27-14-7-15-28(26)2)25-17-19-8-3-4-9-21(19)22-10-5-6-11-23(22)25;;/h3-15H,1-2H3;;/q-1;;. The first-order chi connectivity index (χ1) is 13.7. The third-order valence-electron chi connectivity index (χ3n) is 5.25. The Morgan fingerprint density at radius 3 is 2.23 bits per heavy atom. The maximum atomic E-state index is 4.58. The number of aromatic nitrogens is 2. The van der Waals surface area contributed by atoms with E-state index in [2.05, 4.69) is 84.7 Å². The Bertz CT molecular complexity index is 1350. The van der Waals surface area contributed by atoms with E-state index >= 15 is 0 Å². The Kier molecular flexibility index (Phi) is 6.85. The van der Waals surface area contributed by atoms with Crippen molar-refractivity contribution in [1.82, 2.24) is 4.98 Å². The minimum Gasteiger partial charge on any atom is -0.265 e. The van der Waals surface area contributed by atoms with E-state index in [0.717, 1.165) is 33.5 Å². The van der Waals surface area contributed by atoms with E-state index in [4.69, 9.17) is 0 Å². The van der Waals surface area contributed by atoms with Crippen molar-refractivity contribution in [2.45, 2.75) is 6.92 Å². The fraction of sp³-hybridized carbons (Fsp3) is 0.0769. The minimum atomic E-state index is 0. The number of benzene rings is 4. The molecule has 0 N–H and O–H groups in total. The van der Waals surface area contributed by atoms with Gasteiger partial charge >= 0.3 is 0 Å². The molecule has 2 nitrogen and oxygen atoms in total. The number of nitrogens with zero attached hydrogens (tertiary/aromatic N) is 2. The molecular formula is C26H19BN2Y-. The second-order valence-corrected chi connectivity index (χ2v) is 7.08. The number of hydrogen-bond donors (Lipinski definition) is 0. The van der Waals surface area contributed by atoms with Crippen molar-refractivity contribution >= 4 is 30.0 Å². The molecule has 1 heterocycles. The number of aryl methyl sites for hydroxylation is 2. The molecule has 5 rings (SSSR count). The molecule has 5 aromatic rings. The number of rotatable bonds is 2. The molecule has 0 saturated heterocycles. The fourth-order valence-corrected chi connectivity index (χ4v) is 3.81. The Morgan fingerprint density at radius 1 is 0.767 bits per heavy atom. The van der Waals surface area contributed by atoms with Gasteiger partial charge in [-0.2, -0.15) is 23.3 Å². The van der Waals surface area contributed by atoms with E-state index in [1.807, 2.05) is 30.1 Å². The van der Waals surface area contributed by atoms with Crippen LogP contribution in [0.1, 0.15) is 5.56 Å². The molecule has 0 fully saturated rings. The summed E-state index contributed by atoms with van der Waals surface area (Å²) in [6.45, 7) is 2.10. The monoisotopic (exact) mass is 459 g/mol. The molecule has 0 bridgehead atoms. The molecule has 4 aromatic carbocycles. The zero-order chi connectivity index (χ0) is 19.1. The van der Waals surface area contributed by atoms with Crippen LogP contribution in [0, 0.1) is 19.1 Å². The molecule has 4 radical (unpaired) electrons. The van der Waals surface area contributed by atoms with Gasteiger partial charge < -0.3 is 0 Å². The van der Waals surface area contributed by atoms with Crippen LogP contribution < -0.4 is 4.57 Å². The predicted molar refractivity (Wildman–Crippen MR) is 119 cm³/mol. The van der Waals surface area contributed by atoms with Gasteiger partial charge in [0.1, 0.15) is 6.20 Å². The Balaban J connectivity index is 0.00000128. The SMILES string of the molecule is Cc1ccc(-c2[c-]c3ccccc3c3ccccc23)[c-]c1-c1nccc[n+]1C.[B].[Y]. The van der Waals surface area contributed by atoms with E-state index in [1.165, 1.54) is 16.2 Å². The summed E-state index contributed by atoms with van der Waals surface area (Å²) in [5, 5.41) is 4.78. The molecule has 4 heteroatoms. The van der Waals surface area contributed by atoms with Gasteiger partial charge in [-0.25, -0.2) is 0 Å². The molecule has 0 spiro atoms. The van der Waals surface area contributed by atoms with Crippen LogP contribution in [0.2, 0.25) is 0 Å². The largest absolute Gasteiger partial charge is 0.265 e. The molecule has 0 atom stereocenters. The molecule has 1 aromatic heterocycles. The molecule has 140 valence electrons. The van der Waals surface area contributed by atoms with Crippen LogP contribution in [0.15, 0.2) is 79.1 Å². The average molecular weight is 459 g/mol. The van der Waals surface area contributed by atoms with Crippen molar-refractivity contribution in [1.29, 1.82) is 0 Å². The first kappa shape index (κ1) is 22.3. The van der Waals surface area contributed by atoms with Gasteiger partial charge in [-0.15, -0.1) is 34.5 Å². The zero-order valence-electron chi connectivity index (χ0n) is 17.1. The summed E-state index contributed by atoms with van der Waals surface area (Å²) in [5.74, 6) is 0.909. The molecule has 0 saturated carbocycles. The van der Waals surface area contributed by atoms with Crippen LogP contribution in [0.25, 0.3) is 44.1 Å². The summed E-state index contributed by atoms with van der Waals surface area (Å²) in [4.78, 5) is 4.58. The molecule has 0 aliphatic rings. The van der Waals surface area contributed by atoms with Crippen molar-refractivity contribution in [3.8, 4) is 22.5 Å². The molecule has 0 unspecified atom stereocenters. The van der Waals surface area contributed by atoms with Crippen molar-refractivity contribution in [2.24, 2.45) is 7.05 Å². The van der Waals surface area contributed by atoms with Crippen LogP contribution in [-0.2, 0) is 39.8 Å². The van der Waals surface area contributed by atoms with Gasteiger partial charge in [0.15, 0.2) is 0 Å². The second-order valence-electron chi connectivity index (χ2n) is 7.08. The van der Waals surface area contributed by atoms with Gasteiger partial charge in [0.2, 0.25) is 0 Å². The van der Waals surface area contributed by atoms with Crippen LogP contribution >= 0.6 is 0 Å². The van der Waals surface area contributed by atoms with Crippen molar-refractivity contribution in [3.05, 3.63) is 96.8 Å². The van der Waals surface area contributed by atoms with Gasteiger partial charge in [0.05, 0.1) is 13.2 Å². The van der Waals surface area contributed by atoms with Crippen molar-refractivity contribution < 1.29 is 37.3 Å². The smallest absolute Gasteiger partial charge is 0.264 e. The van der Waals surface area contributed by atoms with Crippen molar-refractivity contribution in [3.63, 3.8) is 0 Å². The minimum absolute atomic E-state index is 0. The third-order valence-corrected chi connectivity index (χ3v) is 5.25. The summed E-state index contributed by atoms with van der Waals surface area (Å²) < 4.78 is 2.03. The summed E-state index contributed by atoms with van der Waals surface area (Å²) in [7, 11) is 2.01. The fourth-order valence-electron chi connectivity index (χ4n) is 3.81. The first-order valence-electron chi connectivity index (χ1n) is 9.39. The molecule has 0 aliphatic heterocycles. The zero-order valence-corrected chi connectivity index (χ0v) is 19.9. The van der Waals surface area contributed by atoms with Gasteiger partial charge in [0.25, 0.3) is 5.82 Å². The van der Waals surface area contributed by atoms with E-state index < -0.39 is 0 Å². The second kappa shape index (κ2) is 9.20. The van der Waals surface area contributed by atoms with E-state index in [0.29, 0.717) is 0 Å². The third kappa shape index (κ3) is 3.85. The van der Waals surface area contributed by atoms with E-state index in [9.17, 15) is 0 Å². The van der Waals surface area contributed by atoms with Gasteiger partial charge in [0, 0.05) is 47.2 Å². The molecule has 0 amide bonds. The van der Waals surface area contributed by atoms with Gasteiger partial charge in [-0.05, 0) is 5.56 Å². The molecule has 0 aliphatic carbocycles. The predicted octanol–water partition coefficient (Wildman–Crippen LogP) is 5.07. The van der Waals surface area contributed by atoms with Crippen molar-refractivity contribution in [2.75, 3.05) is 0 Å². The Labute approximate surface area is 204 Å². The Hall–Kier alpha value is -2.35. The Morgan fingerprint density at radius 2 is 1.47 bits per heavy atom. The normalized spacial score (nSPS) is 10.5. The maximum absolute atomic E-state index is 4.58. The van der Waals surface area contributed by atoms with E-state index in [1.54, 1.807) is 0 Å². The van der Waals surface area contributed by atoms with E-state index in [-0.39, 0.29) is 41.1 Å². The molecular weight excluding hydrogens is 440 g/mol.